The number of carbonyl (C=O) groups is 1. The molecule has 5 heteroatoms. The topological polar surface area (TPSA) is 105 Å². The highest BCUT2D eigenvalue weighted by Crippen LogP contribution is 2.23. The fourth-order valence-electron chi connectivity index (χ4n) is 1.67. The summed E-state index contributed by atoms with van der Waals surface area (Å²) in [5.74, 6) is -0.351. The van der Waals surface area contributed by atoms with Crippen LogP contribution in [0, 0.1) is 0 Å². The number of nitrogens with two attached hydrogens (primary N) is 2. The maximum absolute atomic E-state index is 10.9. The van der Waals surface area contributed by atoms with E-state index in [0.29, 0.717) is 6.42 Å². The Kier molecular flexibility index (Phi) is 2.54. The molecule has 0 bridgehead atoms. The number of fused-ring (bicyclic) bond motifs is 1. The molecule has 0 aliphatic heterocycles. The second-order valence-corrected chi connectivity index (χ2v) is 3.76. The van der Waals surface area contributed by atoms with Crippen LogP contribution in [0.5, 0.6) is 5.75 Å². The third-order valence-corrected chi connectivity index (χ3v) is 2.56. The smallest absolute Gasteiger partial charge is 0.234 e. The van der Waals surface area contributed by atoms with Crippen molar-refractivity contribution in [3.05, 3.63) is 30.0 Å². The lowest BCUT2D eigenvalue weighted by atomic mass is 10.1. The van der Waals surface area contributed by atoms with E-state index in [1.54, 1.807) is 24.4 Å². The number of amides is 1. The molecule has 5 nitrogen and oxygen atoms in total. The molecule has 0 aliphatic rings. The van der Waals surface area contributed by atoms with Crippen LogP contribution in [0.1, 0.15) is 5.56 Å². The number of hydrogen-bond acceptors (Lipinski definition) is 3. The summed E-state index contributed by atoms with van der Waals surface area (Å²) in [5, 5.41) is 10.2. The van der Waals surface area contributed by atoms with E-state index in [0.717, 1.165) is 16.5 Å². The summed E-state index contributed by atoms with van der Waals surface area (Å²) >= 11 is 0. The summed E-state index contributed by atoms with van der Waals surface area (Å²) in [5.41, 5.74) is 12.5. The zero-order chi connectivity index (χ0) is 11.7. The van der Waals surface area contributed by atoms with Crippen molar-refractivity contribution in [1.29, 1.82) is 0 Å². The number of carbonyl (C=O) groups excluding carboxylic acids is 1. The van der Waals surface area contributed by atoms with Gasteiger partial charge in [0, 0.05) is 17.1 Å². The number of H-pyrrole nitrogens is 1. The molecule has 1 aromatic heterocycles. The van der Waals surface area contributed by atoms with Gasteiger partial charge in [-0.3, -0.25) is 4.79 Å². The second kappa shape index (κ2) is 3.86. The molecule has 1 atom stereocenters. The van der Waals surface area contributed by atoms with E-state index < -0.39 is 11.9 Å². The quantitative estimate of drug-likeness (QED) is 0.593. The van der Waals surface area contributed by atoms with Crippen molar-refractivity contribution in [2.75, 3.05) is 0 Å². The third-order valence-electron chi connectivity index (χ3n) is 2.56. The van der Waals surface area contributed by atoms with Crippen LogP contribution in [0.4, 0.5) is 0 Å². The minimum Gasteiger partial charge on any atom is -0.508 e. The van der Waals surface area contributed by atoms with Gasteiger partial charge in [-0.05, 0) is 30.2 Å². The minimum atomic E-state index is -0.707. The predicted molar refractivity (Wildman–Crippen MR) is 60.8 cm³/mol. The van der Waals surface area contributed by atoms with Crippen LogP contribution in [0.15, 0.2) is 24.4 Å². The van der Waals surface area contributed by atoms with Gasteiger partial charge in [0.05, 0.1) is 6.04 Å². The zero-order valence-electron chi connectivity index (χ0n) is 8.60. The van der Waals surface area contributed by atoms with E-state index in [2.05, 4.69) is 4.98 Å². The molecule has 1 aromatic carbocycles. The lowest BCUT2D eigenvalue weighted by Crippen LogP contribution is -2.38. The van der Waals surface area contributed by atoms with Gasteiger partial charge in [0.2, 0.25) is 5.91 Å². The number of aromatic nitrogens is 1. The molecule has 1 unspecified atom stereocenters. The molecule has 16 heavy (non-hydrogen) atoms. The summed E-state index contributed by atoms with van der Waals surface area (Å²) in [6, 6.07) is 4.29. The van der Waals surface area contributed by atoms with E-state index in [9.17, 15) is 9.90 Å². The van der Waals surface area contributed by atoms with Crippen LogP contribution >= 0.6 is 0 Å². The number of hydrogen-bond donors (Lipinski definition) is 4. The Bertz CT molecular complexity index is 533. The molecule has 84 valence electrons. The highest BCUT2D eigenvalue weighted by atomic mass is 16.3. The van der Waals surface area contributed by atoms with Crippen LogP contribution in [-0.4, -0.2) is 22.0 Å². The first-order chi connectivity index (χ1) is 7.58. The minimum absolute atomic E-state index is 0.181. The monoisotopic (exact) mass is 219 g/mol. The average Bonchev–Trinajstić information content (AvgIpc) is 2.61. The Morgan fingerprint density at radius 1 is 1.50 bits per heavy atom. The summed E-state index contributed by atoms with van der Waals surface area (Å²) in [6.45, 7) is 0. The Hall–Kier alpha value is -2.01. The van der Waals surface area contributed by atoms with Crippen LogP contribution in [0.25, 0.3) is 10.9 Å². The lowest BCUT2D eigenvalue weighted by Gasteiger charge is -2.05. The second-order valence-electron chi connectivity index (χ2n) is 3.76. The number of benzene rings is 1. The fourth-order valence-corrected chi connectivity index (χ4v) is 1.67. The molecule has 0 saturated carbocycles. The van der Waals surface area contributed by atoms with Crippen molar-refractivity contribution >= 4 is 16.8 Å². The molecule has 0 saturated heterocycles. The van der Waals surface area contributed by atoms with Crippen molar-refractivity contribution in [3.8, 4) is 5.75 Å². The standard InChI is InChI=1S/C11H13N3O2/c12-9(11(13)16)3-6-5-14-10-2-1-7(15)4-8(6)10/h1-2,4-5,9,14-15H,3,12H2,(H2,13,16). The van der Waals surface area contributed by atoms with Gasteiger partial charge in [-0.1, -0.05) is 0 Å². The summed E-state index contributed by atoms with van der Waals surface area (Å²) in [7, 11) is 0. The normalized spacial score (nSPS) is 12.8. The molecule has 0 spiro atoms. The first-order valence-electron chi connectivity index (χ1n) is 4.92. The maximum atomic E-state index is 10.9. The van der Waals surface area contributed by atoms with Gasteiger partial charge in [-0.25, -0.2) is 0 Å². The van der Waals surface area contributed by atoms with Crippen molar-refractivity contribution in [1.82, 2.24) is 4.98 Å². The number of nitrogens with one attached hydrogen (secondary N) is 1. The van der Waals surface area contributed by atoms with Gasteiger partial charge in [0.15, 0.2) is 0 Å². The Morgan fingerprint density at radius 2 is 2.25 bits per heavy atom. The van der Waals surface area contributed by atoms with Gasteiger partial charge in [0.25, 0.3) is 0 Å². The summed E-state index contributed by atoms with van der Waals surface area (Å²) < 4.78 is 0. The molecule has 2 aromatic rings. The van der Waals surface area contributed by atoms with Crippen LogP contribution in [-0.2, 0) is 11.2 Å². The first kappa shape index (κ1) is 10.5. The highest BCUT2D eigenvalue weighted by molar-refractivity contribution is 5.86. The summed E-state index contributed by atoms with van der Waals surface area (Å²) in [6.07, 6.45) is 2.13. The van der Waals surface area contributed by atoms with Crippen molar-refractivity contribution < 1.29 is 9.90 Å². The number of phenols is 1. The Morgan fingerprint density at radius 3 is 2.94 bits per heavy atom. The molecular weight excluding hydrogens is 206 g/mol. The number of phenolic OH excluding ortho intramolecular Hbond substituents is 1. The number of aromatic amines is 1. The molecule has 6 N–H and O–H groups in total. The van der Waals surface area contributed by atoms with E-state index in [1.165, 1.54) is 0 Å². The molecule has 2 rings (SSSR count). The largest absolute Gasteiger partial charge is 0.508 e. The van der Waals surface area contributed by atoms with Crippen LogP contribution in [0.2, 0.25) is 0 Å². The first-order valence-corrected chi connectivity index (χ1v) is 4.92. The van der Waals surface area contributed by atoms with Gasteiger partial charge < -0.3 is 21.6 Å². The third kappa shape index (κ3) is 1.85. The van der Waals surface area contributed by atoms with Crippen LogP contribution in [0.3, 0.4) is 0 Å². The van der Waals surface area contributed by atoms with Gasteiger partial charge in [-0.2, -0.15) is 0 Å². The molecule has 1 amide bonds. The van der Waals surface area contributed by atoms with E-state index in [4.69, 9.17) is 11.5 Å². The SMILES string of the molecule is NC(=O)C(N)Cc1c[nH]c2ccc(O)cc12. The predicted octanol–water partition coefficient (Wildman–Crippen LogP) is 0.229. The van der Waals surface area contributed by atoms with Crippen molar-refractivity contribution in [2.24, 2.45) is 11.5 Å². The van der Waals surface area contributed by atoms with Gasteiger partial charge >= 0.3 is 0 Å². The van der Waals surface area contributed by atoms with Crippen molar-refractivity contribution in [2.45, 2.75) is 12.5 Å². The van der Waals surface area contributed by atoms with E-state index >= 15 is 0 Å². The number of aromatic hydroxyl groups is 1. The lowest BCUT2D eigenvalue weighted by molar-refractivity contribution is -0.119. The highest BCUT2D eigenvalue weighted by Gasteiger charge is 2.13. The molecule has 0 fully saturated rings. The molecule has 1 heterocycles. The van der Waals surface area contributed by atoms with Crippen molar-refractivity contribution in [3.63, 3.8) is 0 Å². The van der Waals surface area contributed by atoms with Crippen LogP contribution < -0.4 is 11.5 Å². The van der Waals surface area contributed by atoms with Gasteiger partial charge in [0.1, 0.15) is 5.75 Å². The van der Waals surface area contributed by atoms with Gasteiger partial charge in [-0.15, -0.1) is 0 Å². The maximum Gasteiger partial charge on any atom is 0.234 e. The molecule has 0 aliphatic carbocycles. The Labute approximate surface area is 92.1 Å². The van der Waals surface area contributed by atoms with E-state index in [-0.39, 0.29) is 5.75 Å². The Balaban J connectivity index is 2.37. The fraction of sp³-hybridized carbons (Fsp3) is 0.182. The summed E-state index contributed by atoms with van der Waals surface area (Å²) in [4.78, 5) is 13.9. The number of rotatable bonds is 3. The molecule has 0 radical (unpaired) electrons. The molecular formula is C11H13N3O2. The zero-order valence-corrected chi connectivity index (χ0v) is 8.60. The number of primary amides is 1. The average molecular weight is 219 g/mol. The van der Waals surface area contributed by atoms with E-state index in [1.807, 2.05) is 0 Å².